The monoisotopic (exact) mass is 452 g/mol. The zero-order chi connectivity index (χ0) is 23.9. The van der Waals surface area contributed by atoms with Gasteiger partial charge < -0.3 is 15.6 Å². The molecule has 2 rings (SSSR count). The smallest absolute Gasteiger partial charge is 0.303 e. The van der Waals surface area contributed by atoms with Crippen LogP contribution in [0.4, 0.5) is 5.69 Å². The largest absolute Gasteiger partial charge is 0.481 e. The Morgan fingerprint density at radius 3 is 1.94 bits per heavy atom. The first-order valence-corrected chi connectivity index (χ1v) is 12.0. The van der Waals surface area contributed by atoms with Crippen molar-refractivity contribution in [3.63, 3.8) is 0 Å². The first-order valence-electron chi connectivity index (χ1n) is 12.0. The Morgan fingerprint density at radius 2 is 1.36 bits per heavy atom. The summed E-state index contributed by atoms with van der Waals surface area (Å²) in [6, 6.07) is 14.5. The topological polar surface area (TPSA) is 99.0 Å². The fraction of sp³-hybridized carbons (Fsp3) is 0.444. The van der Waals surface area contributed by atoms with Crippen molar-refractivity contribution in [3.8, 4) is 0 Å². The summed E-state index contributed by atoms with van der Waals surface area (Å²) in [6.07, 6.45) is 11.4. The number of anilines is 1. The van der Waals surface area contributed by atoms with Crippen molar-refractivity contribution in [3.05, 3.63) is 65.2 Å². The van der Waals surface area contributed by atoms with Gasteiger partial charge in [0.25, 0.3) is 5.91 Å². The molecule has 2 aromatic carbocycles. The number of nitrogens with one attached hydrogen (secondary N) is 1. The molecule has 0 saturated heterocycles. The third kappa shape index (κ3) is 9.89. The molecular weight excluding hydrogens is 416 g/mol. The highest BCUT2D eigenvalue weighted by molar-refractivity contribution is 6.05. The van der Waals surface area contributed by atoms with Gasteiger partial charge in [0.1, 0.15) is 0 Å². The summed E-state index contributed by atoms with van der Waals surface area (Å²) in [6.45, 7) is 2.24. The minimum absolute atomic E-state index is 0.118. The molecule has 178 valence electrons. The lowest BCUT2D eigenvalue weighted by Crippen LogP contribution is -2.12. The van der Waals surface area contributed by atoms with Gasteiger partial charge in [0.05, 0.1) is 12.1 Å². The van der Waals surface area contributed by atoms with Crippen LogP contribution in [0.1, 0.15) is 92.6 Å². The number of benzene rings is 2. The molecule has 1 amide bonds. The normalized spacial score (nSPS) is 11.4. The van der Waals surface area contributed by atoms with E-state index in [1.807, 2.05) is 24.3 Å². The quantitative estimate of drug-likeness (QED) is 0.122. The average Bonchev–Trinajstić information content (AvgIpc) is 2.82. The number of hydrogen-bond acceptors (Lipinski definition) is 4. The number of carbonyl (C=O) groups excluding carboxylic acids is 1. The van der Waals surface area contributed by atoms with Crippen LogP contribution in [0.3, 0.4) is 0 Å². The van der Waals surface area contributed by atoms with Crippen molar-refractivity contribution in [1.82, 2.24) is 0 Å². The molecule has 6 nitrogen and oxygen atoms in total. The van der Waals surface area contributed by atoms with Gasteiger partial charge in [0.15, 0.2) is 0 Å². The van der Waals surface area contributed by atoms with E-state index in [1.54, 1.807) is 24.3 Å². The van der Waals surface area contributed by atoms with E-state index in [0.717, 1.165) is 6.42 Å². The number of amides is 1. The lowest BCUT2D eigenvalue weighted by Gasteiger charge is -2.08. The number of carboxylic acid groups (broad SMARTS) is 1. The number of hydrogen-bond donors (Lipinski definition) is 3. The van der Waals surface area contributed by atoms with Crippen LogP contribution in [0.25, 0.3) is 0 Å². The molecule has 0 bridgehead atoms. The van der Waals surface area contributed by atoms with E-state index in [4.69, 9.17) is 10.3 Å². The molecule has 0 spiro atoms. The van der Waals surface area contributed by atoms with Gasteiger partial charge in [-0.05, 0) is 48.2 Å². The summed E-state index contributed by atoms with van der Waals surface area (Å²) in [5.41, 5.74) is 3.36. The Labute approximate surface area is 196 Å². The number of rotatable bonds is 15. The van der Waals surface area contributed by atoms with Gasteiger partial charge in [-0.25, -0.2) is 0 Å². The van der Waals surface area contributed by atoms with Crippen molar-refractivity contribution >= 4 is 23.3 Å². The maximum atomic E-state index is 12.5. The predicted octanol–water partition coefficient (Wildman–Crippen LogP) is 6.67. The van der Waals surface area contributed by atoms with Gasteiger partial charge in [-0.3, -0.25) is 9.59 Å². The maximum Gasteiger partial charge on any atom is 0.303 e. The molecule has 33 heavy (non-hydrogen) atoms. The molecule has 2 aromatic rings. The summed E-state index contributed by atoms with van der Waals surface area (Å²) < 4.78 is 0. The molecule has 0 heterocycles. The van der Waals surface area contributed by atoms with Crippen LogP contribution < -0.4 is 5.32 Å². The lowest BCUT2D eigenvalue weighted by atomic mass is 10.0. The fourth-order valence-electron chi connectivity index (χ4n) is 3.71. The van der Waals surface area contributed by atoms with Crippen molar-refractivity contribution in [2.24, 2.45) is 5.16 Å². The minimum atomic E-state index is -0.955. The molecule has 3 N–H and O–H groups in total. The first kappa shape index (κ1) is 26.1. The van der Waals surface area contributed by atoms with E-state index in [0.29, 0.717) is 22.5 Å². The van der Waals surface area contributed by atoms with Crippen molar-refractivity contribution in [2.75, 3.05) is 5.32 Å². The number of oxime groups is 1. The van der Waals surface area contributed by atoms with Gasteiger partial charge in [0, 0.05) is 17.7 Å². The lowest BCUT2D eigenvalue weighted by molar-refractivity contribution is -0.136. The van der Waals surface area contributed by atoms with E-state index in [-0.39, 0.29) is 18.7 Å². The average molecular weight is 453 g/mol. The Hall–Kier alpha value is -3.15. The predicted molar refractivity (Wildman–Crippen MR) is 132 cm³/mol. The molecule has 0 aliphatic carbocycles. The van der Waals surface area contributed by atoms with Crippen LogP contribution in [0.15, 0.2) is 53.7 Å². The maximum absolute atomic E-state index is 12.5. The second-order valence-electron chi connectivity index (χ2n) is 8.39. The molecule has 0 unspecified atom stereocenters. The van der Waals surface area contributed by atoms with Crippen LogP contribution >= 0.6 is 0 Å². The molecule has 0 aliphatic heterocycles. The Balaban J connectivity index is 1.78. The SMILES string of the molecule is CCCCCCCCCCc1ccc(C(=O)Nc2ccc(C(CCC(=O)O)=NO)cc2)cc1. The van der Waals surface area contributed by atoms with Gasteiger partial charge in [-0.1, -0.05) is 81.3 Å². The van der Waals surface area contributed by atoms with Gasteiger partial charge >= 0.3 is 5.97 Å². The molecule has 0 saturated carbocycles. The highest BCUT2D eigenvalue weighted by atomic mass is 16.4. The Morgan fingerprint density at radius 1 is 0.788 bits per heavy atom. The van der Waals surface area contributed by atoms with Crippen LogP contribution in [0.2, 0.25) is 0 Å². The van der Waals surface area contributed by atoms with Crippen molar-refractivity contribution < 1.29 is 19.9 Å². The summed E-state index contributed by atoms with van der Waals surface area (Å²) in [5.74, 6) is -1.15. The van der Waals surface area contributed by atoms with Gasteiger partial charge in [-0.2, -0.15) is 0 Å². The molecule has 0 fully saturated rings. The van der Waals surface area contributed by atoms with E-state index in [1.165, 1.54) is 56.9 Å². The van der Waals surface area contributed by atoms with Crippen LogP contribution in [-0.2, 0) is 11.2 Å². The van der Waals surface area contributed by atoms with Crippen LogP contribution in [0, 0.1) is 0 Å². The summed E-state index contributed by atoms with van der Waals surface area (Å²) in [5, 5.41) is 24.0. The standard InChI is InChI=1S/C27H36N2O4/c1-2-3-4-5-6-7-8-9-10-21-11-13-23(14-12-21)27(32)28-24-17-15-22(16-18-24)25(29-33)19-20-26(30)31/h11-18,33H,2-10,19-20H2,1H3,(H,28,32)(H,30,31). The van der Waals surface area contributed by atoms with Gasteiger partial charge in [-0.15, -0.1) is 0 Å². The highest BCUT2D eigenvalue weighted by Gasteiger charge is 2.10. The zero-order valence-corrected chi connectivity index (χ0v) is 19.6. The highest BCUT2D eigenvalue weighted by Crippen LogP contribution is 2.16. The number of carboxylic acids is 1. The van der Waals surface area contributed by atoms with Crippen molar-refractivity contribution in [2.45, 2.75) is 77.6 Å². The zero-order valence-electron chi connectivity index (χ0n) is 19.6. The third-order valence-electron chi connectivity index (χ3n) is 5.71. The van der Waals surface area contributed by atoms with Crippen LogP contribution in [-0.4, -0.2) is 27.9 Å². The number of nitrogens with zero attached hydrogens (tertiary/aromatic N) is 1. The van der Waals surface area contributed by atoms with E-state index in [2.05, 4.69) is 17.4 Å². The summed E-state index contributed by atoms with van der Waals surface area (Å²) in [7, 11) is 0. The molecular formula is C27H36N2O4. The summed E-state index contributed by atoms with van der Waals surface area (Å²) >= 11 is 0. The summed E-state index contributed by atoms with van der Waals surface area (Å²) in [4.78, 5) is 23.3. The number of carbonyl (C=O) groups is 2. The second kappa shape index (κ2) is 14.8. The third-order valence-corrected chi connectivity index (χ3v) is 5.71. The molecule has 0 aromatic heterocycles. The fourth-order valence-corrected chi connectivity index (χ4v) is 3.71. The number of aliphatic carboxylic acids is 1. The molecule has 0 atom stereocenters. The van der Waals surface area contributed by atoms with E-state index < -0.39 is 5.97 Å². The molecule has 0 aliphatic rings. The molecule has 6 heteroatoms. The number of unbranched alkanes of at least 4 members (excludes halogenated alkanes) is 7. The minimum Gasteiger partial charge on any atom is -0.481 e. The molecule has 0 radical (unpaired) electrons. The van der Waals surface area contributed by atoms with Gasteiger partial charge in [0.2, 0.25) is 0 Å². The Bertz CT molecular complexity index is 889. The second-order valence-corrected chi connectivity index (χ2v) is 8.39. The Kier molecular flexibility index (Phi) is 11.7. The first-order chi connectivity index (χ1) is 16.0. The van der Waals surface area contributed by atoms with E-state index >= 15 is 0 Å². The number of aryl methyl sites for hydroxylation is 1. The van der Waals surface area contributed by atoms with Crippen molar-refractivity contribution in [1.29, 1.82) is 0 Å². The van der Waals surface area contributed by atoms with Crippen LogP contribution in [0.5, 0.6) is 0 Å². The van der Waals surface area contributed by atoms with E-state index in [9.17, 15) is 9.59 Å².